The van der Waals surface area contributed by atoms with Crippen LogP contribution in [0, 0.1) is 0 Å². The Morgan fingerprint density at radius 1 is 1.04 bits per heavy atom. The van der Waals surface area contributed by atoms with Gasteiger partial charge in [-0.25, -0.2) is 4.79 Å². The molecule has 0 spiro atoms. The fourth-order valence-electron chi connectivity index (χ4n) is 2.45. The molecular formula is C19H16O4. The van der Waals surface area contributed by atoms with Gasteiger partial charge in [-0.1, -0.05) is 42.5 Å². The van der Waals surface area contributed by atoms with Gasteiger partial charge in [0.15, 0.2) is 0 Å². The van der Waals surface area contributed by atoms with Crippen LogP contribution in [-0.2, 0) is 6.61 Å². The van der Waals surface area contributed by atoms with E-state index >= 15 is 0 Å². The zero-order chi connectivity index (χ0) is 16.2. The van der Waals surface area contributed by atoms with Crippen molar-refractivity contribution < 1.29 is 19.4 Å². The fraction of sp³-hybridized carbons (Fsp3) is 0.105. The first kappa shape index (κ1) is 14.9. The van der Waals surface area contributed by atoms with E-state index in [1.54, 1.807) is 25.3 Å². The van der Waals surface area contributed by atoms with Crippen molar-refractivity contribution in [2.75, 3.05) is 7.11 Å². The van der Waals surface area contributed by atoms with Crippen LogP contribution in [0.15, 0.2) is 60.7 Å². The van der Waals surface area contributed by atoms with E-state index in [4.69, 9.17) is 9.47 Å². The second-order valence-corrected chi connectivity index (χ2v) is 5.11. The van der Waals surface area contributed by atoms with Crippen LogP contribution >= 0.6 is 0 Å². The average molecular weight is 308 g/mol. The molecule has 0 saturated heterocycles. The van der Waals surface area contributed by atoms with E-state index in [1.165, 1.54) is 0 Å². The molecule has 3 aromatic carbocycles. The number of ether oxygens (including phenoxy) is 2. The van der Waals surface area contributed by atoms with Gasteiger partial charge < -0.3 is 14.6 Å². The van der Waals surface area contributed by atoms with Gasteiger partial charge in [0.25, 0.3) is 0 Å². The maximum Gasteiger partial charge on any atom is 0.339 e. The van der Waals surface area contributed by atoms with Crippen molar-refractivity contribution in [3.05, 3.63) is 71.8 Å². The minimum Gasteiger partial charge on any atom is -0.497 e. The molecule has 0 radical (unpaired) electrons. The van der Waals surface area contributed by atoms with Crippen molar-refractivity contribution >= 4 is 16.7 Å². The van der Waals surface area contributed by atoms with Crippen molar-refractivity contribution in [1.29, 1.82) is 0 Å². The minimum absolute atomic E-state index is 0.140. The van der Waals surface area contributed by atoms with Gasteiger partial charge >= 0.3 is 5.97 Å². The van der Waals surface area contributed by atoms with E-state index in [0.29, 0.717) is 18.1 Å². The maximum absolute atomic E-state index is 11.5. The Morgan fingerprint density at radius 3 is 2.48 bits per heavy atom. The molecule has 0 unspecified atom stereocenters. The van der Waals surface area contributed by atoms with Crippen LogP contribution in [0.5, 0.6) is 11.5 Å². The van der Waals surface area contributed by atoms with Gasteiger partial charge in [0.1, 0.15) is 23.7 Å². The van der Waals surface area contributed by atoms with Gasteiger partial charge in [0.05, 0.1) is 7.11 Å². The number of aromatic carboxylic acids is 1. The third kappa shape index (κ3) is 3.11. The van der Waals surface area contributed by atoms with Gasteiger partial charge in [-0.15, -0.1) is 0 Å². The predicted molar refractivity (Wildman–Crippen MR) is 88.2 cm³/mol. The molecule has 3 aromatic rings. The number of benzene rings is 3. The molecule has 0 atom stereocenters. The van der Waals surface area contributed by atoms with Gasteiger partial charge in [0, 0.05) is 5.39 Å². The van der Waals surface area contributed by atoms with Crippen LogP contribution in [0.1, 0.15) is 15.9 Å². The molecule has 1 N–H and O–H groups in total. The van der Waals surface area contributed by atoms with Crippen molar-refractivity contribution in [2.45, 2.75) is 6.61 Å². The number of hydrogen-bond donors (Lipinski definition) is 1. The smallest absolute Gasteiger partial charge is 0.339 e. The zero-order valence-electron chi connectivity index (χ0n) is 12.7. The average Bonchev–Trinajstić information content (AvgIpc) is 2.59. The molecule has 0 aromatic heterocycles. The maximum atomic E-state index is 11.5. The molecule has 23 heavy (non-hydrogen) atoms. The summed E-state index contributed by atoms with van der Waals surface area (Å²) in [5.41, 5.74) is 1.12. The van der Waals surface area contributed by atoms with E-state index < -0.39 is 5.97 Å². The number of hydrogen-bond acceptors (Lipinski definition) is 3. The Hall–Kier alpha value is -3.01. The van der Waals surface area contributed by atoms with E-state index in [-0.39, 0.29) is 5.56 Å². The highest BCUT2D eigenvalue weighted by atomic mass is 16.5. The number of carboxylic acid groups (broad SMARTS) is 1. The van der Waals surface area contributed by atoms with E-state index in [1.807, 2.05) is 42.5 Å². The van der Waals surface area contributed by atoms with Gasteiger partial charge in [-0.05, 0) is 29.1 Å². The van der Waals surface area contributed by atoms with Crippen LogP contribution in [0.3, 0.4) is 0 Å². The fourth-order valence-corrected chi connectivity index (χ4v) is 2.45. The second-order valence-electron chi connectivity index (χ2n) is 5.11. The van der Waals surface area contributed by atoms with Crippen LogP contribution in [0.2, 0.25) is 0 Å². The van der Waals surface area contributed by atoms with Crippen molar-refractivity contribution in [3.63, 3.8) is 0 Å². The van der Waals surface area contributed by atoms with E-state index in [0.717, 1.165) is 16.3 Å². The van der Waals surface area contributed by atoms with Crippen LogP contribution < -0.4 is 9.47 Å². The first-order chi connectivity index (χ1) is 11.2. The third-order valence-corrected chi connectivity index (χ3v) is 3.64. The largest absolute Gasteiger partial charge is 0.497 e. The Balaban J connectivity index is 2.06. The summed E-state index contributed by atoms with van der Waals surface area (Å²) >= 11 is 0. The molecule has 0 fully saturated rings. The standard InChI is InChI=1S/C19H16O4/c1-22-15-9-7-14-8-10-16(19(20)21)18(17(14)11-15)23-12-13-5-3-2-4-6-13/h2-11H,12H2,1H3,(H,20,21). The lowest BCUT2D eigenvalue weighted by Crippen LogP contribution is -2.04. The minimum atomic E-state index is -1.02. The number of fused-ring (bicyclic) bond motifs is 1. The zero-order valence-corrected chi connectivity index (χ0v) is 12.7. The highest BCUT2D eigenvalue weighted by Crippen LogP contribution is 2.33. The summed E-state index contributed by atoms with van der Waals surface area (Å²) in [6.45, 7) is 0.303. The topological polar surface area (TPSA) is 55.8 Å². The molecular weight excluding hydrogens is 292 g/mol. The molecule has 0 saturated carbocycles. The molecule has 4 nitrogen and oxygen atoms in total. The van der Waals surface area contributed by atoms with Crippen molar-refractivity contribution in [3.8, 4) is 11.5 Å². The monoisotopic (exact) mass is 308 g/mol. The summed E-state index contributed by atoms with van der Waals surface area (Å²) in [7, 11) is 1.58. The predicted octanol–water partition coefficient (Wildman–Crippen LogP) is 4.13. The summed E-state index contributed by atoms with van der Waals surface area (Å²) in [6.07, 6.45) is 0. The molecule has 116 valence electrons. The summed E-state index contributed by atoms with van der Waals surface area (Å²) in [6, 6.07) is 18.5. The first-order valence-corrected chi connectivity index (χ1v) is 7.20. The summed E-state index contributed by atoms with van der Waals surface area (Å²) in [4.78, 5) is 11.5. The normalized spacial score (nSPS) is 10.5. The van der Waals surface area contributed by atoms with Gasteiger partial charge in [0.2, 0.25) is 0 Å². The number of carbonyl (C=O) groups is 1. The Kier molecular flexibility index (Phi) is 4.15. The Labute approximate surface area is 133 Å². The van der Waals surface area contributed by atoms with Crippen molar-refractivity contribution in [1.82, 2.24) is 0 Å². The summed E-state index contributed by atoms with van der Waals surface area (Å²) in [5, 5.41) is 11.1. The lowest BCUT2D eigenvalue weighted by atomic mass is 10.0. The molecule has 0 amide bonds. The summed E-state index contributed by atoms with van der Waals surface area (Å²) < 4.78 is 11.1. The van der Waals surface area contributed by atoms with E-state index in [2.05, 4.69) is 0 Å². The van der Waals surface area contributed by atoms with Gasteiger partial charge in [-0.3, -0.25) is 0 Å². The number of rotatable bonds is 5. The van der Waals surface area contributed by atoms with Crippen LogP contribution in [0.25, 0.3) is 10.8 Å². The highest BCUT2D eigenvalue weighted by molar-refractivity contribution is 6.01. The SMILES string of the molecule is COc1ccc2ccc(C(=O)O)c(OCc3ccccc3)c2c1. The van der Waals surface area contributed by atoms with E-state index in [9.17, 15) is 9.90 Å². The first-order valence-electron chi connectivity index (χ1n) is 7.20. The molecule has 4 heteroatoms. The highest BCUT2D eigenvalue weighted by Gasteiger charge is 2.15. The second kappa shape index (κ2) is 6.40. The molecule has 0 aliphatic carbocycles. The molecule has 0 aliphatic heterocycles. The lowest BCUT2D eigenvalue weighted by molar-refractivity contribution is 0.0692. The molecule has 0 aliphatic rings. The van der Waals surface area contributed by atoms with Crippen molar-refractivity contribution in [2.24, 2.45) is 0 Å². The third-order valence-electron chi connectivity index (χ3n) is 3.64. The Morgan fingerprint density at radius 2 is 1.78 bits per heavy atom. The quantitative estimate of drug-likeness (QED) is 0.770. The molecule has 0 heterocycles. The summed E-state index contributed by atoms with van der Waals surface area (Å²) in [5.74, 6) is 0.000125. The lowest BCUT2D eigenvalue weighted by Gasteiger charge is -2.13. The number of methoxy groups -OCH3 is 1. The molecule has 3 rings (SSSR count). The Bertz CT molecular complexity index is 841. The number of carboxylic acids is 1. The van der Waals surface area contributed by atoms with Gasteiger partial charge in [-0.2, -0.15) is 0 Å². The molecule has 0 bridgehead atoms. The van der Waals surface area contributed by atoms with Crippen LogP contribution in [-0.4, -0.2) is 18.2 Å². The van der Waals surface area contributed by atoms with Crippen LogP contribution in [0.4, 0.5) is 0 Å².